The highest BCUT2D eigenvalue weighted by molar-refractivity contribution is 5.90. The van der Waals surface area contributed by atoms with Crippen LogP contribution >= 0.6 is 0 Å². The lowest BCUT2D eigenvalue weighted by Gasteiger charge is -2.18. The number of ether oxygens (including phenoxy) is 3. The normalized spacial score (nSPS) is 24.9. The second kappa shape index (κ2) is 6.28. The number of esters is 2. The highest BCUT2D eigenvalue weighted by atomic mass is 16.6. The maximum absolute atomic E-state index is 11.8. The van der Waals surface area contributed by atoms with Crippen molar-refractivity contribution in [2.24, 2.45) is 5.73 Å². The summed E-state index contributed by atoms with van der Waals surface area (Å²) in [6, 6.07) is 1.11. The van der Waals surface area contributed by atoms with Gasteiger partial charge in [0.15, 0.2) is 12.2 Å². The largest absolute Gasteiger partial charge is 0.463 e. The van der Waals surface area contributed by atoms with Crippen LogP contribution in [0, 0.1) is 6.92 Å². The van der Waals surface area contributed by atoms with Gasteiger partial charge in [-0.3, -0.25) is 4.79 Å². The summed E-state index contributed by atoms with van der Waals surface area (Å²) in [7, 11) is 0. The molecule has 7 nitrogen and oxygen atoms in total. The minimum atomic E-state index is -0.636. The van der Waals surface area contributed by atoms with Gasteiger partial charge in [-0.05, 0) is 19.9 Å². The molecule has 1 aliphatic heterocycles. The lowest BCUT2D eigenvalue weighted by Crippen LogP contribution is -2.37. The van der Waals surface area contributed by atoms with Crippen molar-refractivity contribution in [2.45, 2.75) is 39.0 Å². The Morgan fingerprint density at radius 1 is 1.48 bits per heavy atom. The molecule has 0 spiro atoms. The van der Waals surface area contributed by atoms with Gasteiger partial charge in [-0.15, -0.1) is 0 Å². The number of hydrogen-bond acceptors (Lipinski definition) is 7. The molecule has 0 bridgehead atoms. The van der Waals surface area contributed by atoms with Crippen LogP contribution in [0.3, 0.4) is 0 Å². The molecule has 21 heavy (non-hydrogen) atoms. The first-order valence-corrected chi connectivity index (χ1v) is 6.75. The van der Waals surface area contributed by atoms with E-state index in [9.17, 15) is 9.59 Å². The van der Waals surface area contributed by atoms with Gasteiger partial charge in [0.1, 0.15) is 17.1 Å². The van der Waals surface area contributed by atoms with Gasteiger partial charge in [-0.25, -0.2) is 4.79 Å². The number of carbonyl (C=O) groups excluding carboxylic acids is 2. The van der Waals surface area contributed by atoms with Crippen LogP contribution in [0.2, 0.25) is 0 Å². The molecular formula is C14H19NO6. The molecule has 2 heterocycles. The Bertz CT molecular complexity index is 538. The Morgan fingerprint density at radius 3 is 2.81 bits per heavy atom. The SMILES string of the molecule is CCOC(=O)c1cc([C@@H]2OC[C@H](N)[C@H]2OC(C)=O)oc1C. The maximum atomic E-state index is 11.8. The van der Waals surface area contributed by atoms with Gasteiger partial charge < -0.3 is 24.4 Å². The Morgan fingerprint density at radius 2 is 2.19 bits per heavy atom. The van der Waals surface area contributed by atoms with Gasteiger partial charge in [-0.1, -0.05) is 0 Å². The van der Waals surface area contributed by atoms with Crippen molar-refractivity contribution in [3.05, 3.63) is 23.2 Å². The van der Waals surface area contributed by atoms with E-state index in [0.717, 1.165) is 0 Å². The van der Waals surface area contributed by atoms with Crippen LogP contribution in [-0.2, 0) is 19.0 Å². The lowest BCUT2D eigenvalue weighted by atomic mass is 10.1. The Balaban J connectivity index is 2.23. The third-order valence-electron chi connectivity index (χ3n) is 3.20. The van der Waals surface area contributed by atoms with E-state index in [1.807, 2.05) is 0 Å². The maximum Gasteiger partial charge on any atom is 0.341 e. The second-order valence-corrected chi connectivity index (χ2v) is 4.83. The fourth-order valence-electron chi connectivity index (χ4n) is 2.27. The summed E-state index contributed by atoms with van der Waals surface area (Å²) in [5.41, 5.74) is 6.20. The van der Waals surface area contributed by atoms with Crippen LogP contribution in [0.25, 0.3) is 0 Å². The zero-order valence-corrected chi connectivity index (χ0v) is 12.3. The number of hydrogen-bond donors (Lipinski definition) is 1. The third kappa shape index (κ3) is 3.25. The zero-order chi connectivity index (χ0) is 15.6. The zero-order valence-electron chi connectivity index (χ0n) is 12.3. The molecule has 2 rings (SSSR count). The molecule has 7 heteroatoms. The lowest BCUT2D eigenvalue weighted by molar-refractivity contribution is -0.150. The van der Waals surface area contributed by atoms with E-state index in [-0.39, 0.29) is 13.2 Å². The molecule has 1 aromatic rings. The summed E-state index contributed by atoms with van der Waals surface area (Å²) in [6.07, 6.45) is -1.26. The molecule has 1 aliphatic rings. The summed E-state index contributed by atoms with van der Waals surface area (Å²) in [5, 5.41) is 0. The minimum Gasteiger partial charge on any atom is -0.463 e. The first kappa shape index (κ1) is 15.5. The highest BCUT2D eigenvalue weighted by Crippen LogP contribution is 2.33. The van der Waals surface area contributed by atoms with Crippen LogP contribution < -0.4 is 5.73 Å². The molecule has 0 aromatic carbocycles. The number of aryl methyl sites for hydroxylation is 1. The first-order valence-electron chi connectivity index (χ1n) is 6.75. The molecule has 0 aliphatic carbocycles. The summed E-state index contributed by atoms with van der Waals surface area (Å²) < 4.78 is 21.2. The van der Waals surface area contributed by atoms with Gasteiger partial charge in [-0.2, -0.15) is 0 Å². The highest BCUT2D eigenvalue weighted by Gasteiger charge is 2.41. The van der Waals surface area contributed by atoms with E-state index in [1.165, 1.54) is 6.92 Å². The molecule has 1 fully saturated rings. The quantitative estimate of drug-likeness (QED) is 0.830. The van der Waals surface area contributed by atoms with Gasteiger partial charge in [0.2, 0.25) is 0 Å². The van der Waals surface area contributed by atoms with E-state index in [2.05, 4.69) is 0 Å². The fraction of sp³-hybridized carbons (Fsp3) is 0.571. The summed E-state index contributed by atoms with van der Waals surface area (Å²) in [5.74, 6) is -0.0833. The predicted octanol–water partition coefficient (Wildman–Crippen LogP) is 1.10. The monoisotopic (exact) mass is 297 g/mol. The van der Waals surface area contributed by atoms with Crippen molar-refractivity contribution < 1.29 is 28.2 Å². The van der Waals surface area contributed by atoms with Crippen molar-refractivity contribution in [2.75, 3.05) is 13.2 Å². The summed E-state index contributed by atoms with van der Waals surface area (Å²) in [6.45, 7) is 5.21. The molecule has 0 saturated carbocycles. The number of furan rings is 1. The molecule has 2 N–H and O–H groups in total. The van der Waals surface area contributed by atoms with Crippen molar-refractivity contribution >= 4 is 11.9 Å². The average Bonchev–Trinajstić information content (AvgIpc) is 2.94. The molecule has 0 radical (unpaired) electrons. The Labute approximate surface area is 122 Å². The molecule has 0 amide bonds. The van der Waals surface area contributed by atoms with E-state index >= 15 is 0 Å². The standard InChI is InChI=1S/C14H19NO6/c1-4-18-14(17)9-5-11(20-7(9)2)13-12(21-8(3)16)10(15)6-19-13/h5,10,12-13H,4,6,15H2,1-3H3/t10-,12+,13-/m0/s1. The van der Waals surface area contributed by atoms with Gasteiger partial charge >= 0.3 is 11.9 Å². The minimum absolute atomic E-state index is 0.247. The van der Waals surface area contributed by atoms with Crippen LogP contribution in [0.4, 0.5) is 0 Å². The van der Waals surface area contributed by atoms with Crippen LogP contribution in [0.5, 0.6) is 0 Å². The Kier molecular flexibility index (Phi) is 4.64. The van der Waals surface area contributed by atoms with E-state index in [1.54, 1.807) is 19.9 Å². The van der Waals surface area contributed by atoms with Gasteiger partial charge in [0.25, 0.3) is 0 Å². The van der Waals surface area contributed by atoms with Crippen LogP contribution in [-0.4, -0.2) is 37.3 Å². The first-order chi connectivity index (χ1) is 9.93. The molecule has 1 aromatic heterocycles. The Hall–Kier alpha value is -1.86. The number of rotatable bonds is 4. The third-order valence-corrected chi connectivity index (χ3v) is 3.20. The molecule has 116 valence electrons. The fourth-order valence-corrected chi connectivity index (χ4v) is 2.27. The van der Waals surface area contributed by atoms with E-state index < -0.39 is 30.2 Å². The van der Waals surface area contributed by atoms with Crippen molar-refractivity contribution in [3.63, 3.8) is 0 Å². The smallest absolute Gasteiger partial charge is 0.341 e. The van der Waals surface area contributed by atoms with Crippen molar-refractivity contribution in [1.82, 2.24) is 0 Å². The van der Waals surface area contributed by atoms with Crippen LogP contribution in [0.15, 0.2) is 10.5 Å². The second-order valence-electron chi connectivity index (χ2n) is 4.83. The average molecular weight is 297 g/mol. The van der Waals surface area contributed by atoms with Crippen molar-refractivity contribution in [3.8, 4) is 0 Å². The molecule has 3 atom stereocenters. The predicted molar refractivity (Wildman–Crippen MR) is 71.6 cm³/mol. The van der Waals surface area contributed by atoms with Crippen LogP contribution in [0.1, 0.15) is 41.8 Å². The molecule has 1 saturated heterocycles. The van der Waals surface area contributed by atoms with E-state index in [4.69, 9.17) is 24.4 Å². The molecular weight excluding hydrogens is 278 g/mol. The number of carbonyl (C=O) groups is 2. The van der Waals surface area contributed by atoms with Gasteiger partial charge in [0, 0.05) is 6.92 Å². The summed E-state index contributed by atoms with van der Waals surface area (Å²) in [4.78, 5) is 22.9. The van der Waals surface area contributed by atoms with Gasteiger partial charge in [0.05, 0.1) is 19.3 Å². The topological polar surface area (TPSA) is 101 Å². The van der Waals surface area contributed by atoms with E-state index in [0.29, 0.717) is 17.1 Å². The van der Waals surface area contributed by atoms with Crippen molar-refractivity contribution in [1.29, 1.82) is 0 Å². The number of nitrogens with two attached hydrogens (primary N) is 1. The summed E-state index contributed by atoms with van der Waals surface area (Å²) >= 11 is 0. The molecule has 0 unspecified atom stereocenters.